The van der Waals surface area contributed by atoms with E-state index in [0.29, 0.717) is 28.1 Å². The van der Waals surface area contributed by atoms with Crippen molar-refractivity contribution in [2.45, 2.75) is 31.1 Å². The highest BCUT2D eigenvalue weighted by molar-refractivity contribution is 6.42. The number of halogens is 3. The van der Waals surface area contributed by atoms with Gasteiger partial charge in [-0.2, -0.15) is 0 Å². The molecule has 1 N–H and O–H groups in total. The van der Waals surface area contributed by atoms with Crippen molar-refractivity contribution < 1.29 is 4.79 Å². The molecule has 104 valence electrons. The van der Waals surface area contributed by atoms with Gasteiger partial charge in [-0.15, -0.1) is 11.6 Å². The Morgan fingerprint density at radius 1 is 1.21 bits per heavy atom. The zero-order valence-corrected chi connectivity index (χ0v) is 12.7. The lowest BCUT2D eigenvalue weighted by molar-refractivity contribution is 0.0944. The molecule has 1 aliphatic carbocycles. The molecule has 5 heteroatoms. The van der Waals surface area contributed by atoms with Crippen LogP contribution in [0, 0.1) is 5.92 Å². The molecule has 0 aliphatic heterocycles. The smallest absolute Gasteiger partial charge is 0.251 e. The first-order valence-corrected chi connectivity index (χ1v) is 7.64. The van der Waals surface area contributed by atoms with Gasteiger partial charge in [-0.25, -0.2) is 0 Å². The van der Waals surface area contributed by atoms with Gasteiger partial charge < -0.3 is 5.32 Å². The number of nitrogens with one attached hydrogen (secondary N) is 1. The zero-order valence-electron chi connectivity index (χ0n) is 10.5. The monoisotopic (exact) mass is 319 g/mol. The van der Waals surface area contributed by atoms with Gasteiger partial charge in [0.15, 0.2) is 0 Å². The highest BCUT2D eigenvalue weighted by Crippen LogP contribution is 2.28. The Bertz CT molecular complexity index is 464. The highest BCUT2D eigenvalue weighted by Gasteiger charge is 2.23. The molecule has 1 fully saturated rings. The third-order valence-electron chi connectivity index (χ3n) is 3.52. The summed E-state index contributed by atoms with van der Waals surface area (Å²) in [5.41, 5.74) is 0.524. The molecule has 2 atom stereocenters. The highest BCUT2D eigenvalue weighted by atomic mass is 35.5. The fourth-order valence-corrected chi connectivity index (χ4v) is 3.02. The average Bonchev–Trinajstić information content (AvgIpc) is 2.40. The van der Waals surface area contributed by atoms with E-state index < -0.39 is 0 Å². The number of alkyl halides is 1. The quantitative estimate of drug-likeness (QED) is 0.815. The third-order valence-corrected chi connectivity index (χ3v) is 4.84. The van der Waals surface area contributed by atoms with E-state index in [0.717, 1.165) is 12.8 Å². The van der Waals surface area contributed by atoms with E-state index in [2.05, 4.69) is 5.32 Å². The van der Waals surface area contributed by atoms with Gasteiger partial charge in [-0.3, -0.25) is 4.79 Å². The maximum absolute atomic E-state index is 12.0. The Balaban J connectivity index is 1.91. The molecule has 0 saturated heterocycles. The summed E-state index contributed by atoms with van der Waals surface area (Å²) < 4.78 is 0. The summed E-state index contributed by atoms with van der Waals surface area (Å²) in [5.74, 6) is 0.232. The van der Waals surface area contributed by atoms with Crippen molar-refractivity contribution in [1.82, 2.24) is 5.32 Å². The zero-order chi connectivity index (χ0) is 13.8. The van der Waals surface area contributed by atoms with E-state index in [-0.39, 0.29) is 11.3 Å². The van der Waals surface area contributed by atoms with Crippen LogP contribution in [0.25, 0.3) is 0 Å². The van der Waals surface area contributed by atoms with Crippen molar-refractivity contribution in [1.29, 1.82) is 0 Å². The molecule has 19 heavy (non-hydrogen) atoms. The van der Waals surface area contributed by atoms with Gasteiger partial charge in [0, 0.05) is 17.5 Å². The molecule has 1 aliphatic rings. The fraction of sp³-hybridized carbons (Fsp3) is 0.500. The van der Waals surface area contributed by atoms with Crippen molar-refractivity contribution in [3.8, 4) is 0 Å². The van der Waals surface area contributed by atoms with Crippen LogP contribution in [0.1, 0.15) is 36.0 Å². The second-order valence-electron chi connectivity index (χ2n) is 4.90. The van der Waals surface area contributed by atoms with Gasteiger partial charge in [0.05, 0.1) is 10.0 Å². The summed E-state index contributed by atoms with van der Waals surface area (Å²) in [6, 6.07) is 4.88. The van der Waals surface area contributed by atoms with Crippen LogP contribution in [0.4, 0.5) is 0 Å². The fourth-order valence-electron chi connectivity index (χ4n) is 2.36. The molecule has 1 aromatic rings. The average molecular weight is 321 g/mol. The van der Waals surface area contributed by atoms with Crippen molar-refractivity contribution in [3.63, 3.8) is 0 Å². The first-order valence-electron chi connectivity index (χ1n) is 6.45. The van der Waals surface area contributed by atoms with Crippen molar-refractivity contribution in [2.24, 2.45) is 5.92 Å². The summed E-state index contributed by atoms with van der Waals surface area (Å²) in [6.45, 7) is 0.618. The van der Waals surface area contributed by atoms with Crippen LogP contribution in [0.2, 0.25) is 10.0 Å². The second-order valence-corrected chi connectivity index (χ2v) is 6.27. The Labute approximate surface area is 128 Å². The maximum atomic E-state index is 12.0. The van der Waals surface area contributed by atoms with E-state index in [1.165, 1.54) is 12.8 Å². The summed E-state index contributed by atoms with van der Waals surface area (Å²) in [4.78, 5) is 12.0. The second kappa shape index (κ2) is 6.83. The molecule has 0 bridgehead atoms. The summed E-state index contributed by atoms with van der Waals surface area (Å²) >= 11 is 18.0. The number of amides is 1. The minimum absolute atomic E-state index is 0.131. The van der Waals surface area contributed by atoms with E-state index in [1.54, 1.807) is 18.2 Å². The van der Waals surface area contributed by atoms with Crippen LogP contribution in [-0.4, -0.2) is 17.8 Å². The van der Waals surface area contributed by atoms with E-state index in [1.807, 2.05) is 0 Å². The summed E-state index contributed by atoms with van der Waals surface area (Å²) in [7, 11) is 0. The van der Waals surface area contributed by atoms with Gasteiger partial charge in [0.1, 0.15) is 0 Å². The summed E-state index contributed by atoms with van der Waals surface area (Å²) in [5, 5.41) is 3.93. The number of carbonyl (C=O) groups is 1. The topological polar surface area (TPSA) is 29.1 Å². The number of hydrogen-bond acceptors (Lipinski definition) is 1. The molecule has 2 nitrogen and oxygen atoms in total. The van der Waals surface area contributed by atoms with Crippen LogP contribution < -0.4 is 5.32 Å². The van der Waals surface area contributed by atoms with Crippen LogP contribution in [0.3, 0.4) is 0 Å². The predicted octanol–water partition coefficient (Wildman–Crippen LogP) is 4.52. The number of rotatable bonds is 3. The minimum atomic E-state index is -0.131. The molecule has 1 aromatic carbocycles. The number of carbonyl (C=O) groups excluding carboxylic acids is 1. The normalized spacial score (nSPS) is 23.1. The molecule has 0 spiro atoms. The van der Waals surface area contributed by atoms with Gasteiger partial charge in [-0.1, -0.05) is 36.0 Å². The Hall–Kier alpha value is -0.440. The lowest BCUT2D eigenvalue weighted by Crippen LogP contribution is -2.34. The van der Waals surface area contributed by atoms with Crippen LogP contribution in [-0.2, 0) is 0 Å². The third kappa shape index (κ3) is 4.01. The SMILES string of the molecule is O=C(NCC1CCCCC1Cl)c1ccc(Cl)c(Cl)c1. The van der Waals surface area contributed by atoms with Crippen molar-refractivity contribution in [2.75, 3.05) is 6.54 Å². The number of hydrogen-bond donors (Lipinski definition) is 1. The van der Waals surface area contributed by atoms with Crippen LogP contribution in [0.15, 0.2) is 18.2 Å². The number of benzene rings is 1. The summed E-state index contributed by atoms with van der Waals surface area (Å²) in [6.07, 6.45) is 4.49. The van der Waals surface area contributed by atoms with Gasteiger partial charge >= 0.3 is 0 Å². The van der Waals surface area contributed by atoms with Crippen molar-refractivity contribution in [3.05, 3.63) is 33.8 Å². The standard InChI is InChI=1S/C14H16Cl3NO/c15-11-4-2-1-3-10(11)8-18-14(19)9-5-6-12(16)13(17)7-9/h5-7,10-11H,1-4,8H2,(H,18,19). The molecule has 0 heterocycles. The Morgan fingerprint density at radius 3 is 2.63 bits per heavy atom. The van der Waals surface area contributed by atoms with Crippen molar-refractivity contribution >= 4 is 40.7 Å². The van der Waals surface area contributed by atoms with Gasteiger partial charge in [-0.05, 0) is 37.0 Å². The molecule has 0 aromatic heterocycles. The van der Waals surface area contributed by atoms with E-state index >= 15 is 0 Å². The molecule has 0 radical (unpaired) electrons. The molecule has 1 saturated carbocycles. The maximum Gasteiger partial charge on any atom is 0.251 e. The first-order chi connectivity index (χ1) is 9.08. The Morgan fingerprint density at radius 2 is 1.95 bits per heavy atom. The van der Waals surface area contributed by atoms with E-state index in [4.69, 9.17) is 34.8 Å². The minimum Gasteiger partial charge on any atom is -0.352 e. The lowest BCUT2D eigenvalue weighted by atomic mass is 9.88. The van der Waals surface area contributed by atoms with Gasteiger partial charge in [0.2, 0.25) is 0 Å². The molecular formula is C14H16Cl3NO. The largest absolute Gasteiger partial charge is 0.352 e. The predicted molar refractivity (Wildman–Crippen MR) is 80.4 cm³/mol. The molecule has 2 unspecified atom stereocenters. The molecule has 1 amide bonds. The van der Waals surface area contributed by atoms with Crippen LogP contribution >= 0.6 is 34.8 Å². The van der Waals surface area contributed by atoms with E-state index in [9.17, 15) is 4.79 Å². The van der Waals surface area contributed by atoms with Gasteiger partial charge in [0.25, 0.3) is 5.91 Å². The molecule has 2 rings (SSSR count). The molecular weight excluding hydrogens is 305 g/mol. The lowest BCUT2D eigenvalue weighted by Gasteiger charge is -2.27. The van der Waals surface area contributed by atoms with Crippen LogP contribution in [0.5, 0.6) is 0 Å². The Kier molecular flexibility index (Phi) is 5.37. The first kappa shape index (κ1) is 15.0.